The van der Waals surface area contributed by atoms with E-state index >= 15 is 0 Å². The first-order chi connectivity index (χ1) is 10.9. The quantitative estimate of drug-likeness (QED) is 0.727. The topological polar surface area (TPSA) is 75.6 Å². The molecule has 0 aliphatic rings. The van der Waals surface area contributed by atoms with Crippen molar-refractivity contribution >= 4 is 11.6 Å². The van der Waals surface area contributed by atoms with Gasteiger partial charge in [-0.1, -0.05) is 12.1 Å². The van der Waals surface area contributed by atoms with Gasteiger partial charge in [0.2, 0.25) is 0 Å². The van der Waals surface area contributed by atoms with Crippen molar-refractivity contribution in [2.24, 2.45) is 0 Å². The van der Waals surface area contributed by atoms with Crippen molar-refractivity contribution in [3.63, 3.8) is 0 Å². The van der Waals surface area contributed by atoms with Gasteiger partial charge in [0.25, 0.3) is 0 Å². The van der Waals surface area contributed by atoms with E-state index in [2.05, 4.69) is 30.6 Å². The van der Waals surface area contributed by atoms with Crippen LogP contribution in [-0.4, -0.2) is 19.9 Å². The van der Waals surface area contributed by atoms with Gasteiger partial charge in [0, 0.05) is 43.9 Å². The number of nitrogens with one attached hydrogen (secondary N) is 2. The molecule has 0 aliphatic carbocycles. The summed E-state index contributed by atoms with van der Waals surface area (Å²) in [6.45, 7) is 1.35. The molecule has 6 heteroatoms. The standard InChI is InChI=1S/C16H16N6/c1-3-13(8-17-5-1)10-19-15-7-16(22-12-21-15)20-11-14-4-2-6-18-9-14/h1-9,12H,10-11H2,(H2,19,20,21,22). The predicted octanol–water partition coefficient (Wildman–Crippen LogP) is 2.49. The summed E-state index contributed by atoms with van der Waals surface area (Å²) in [5.41, 5.74) is 2.21. The van der Waals surface area contributed by atoms with E-state index in [1.54, 1.807) is 12.4 Å². The van der Waals surface area contributed by atoms with Crippen molar-refractivity contribution in [2.45, 2.75) is 13.1 Å². The molecule has 0 aliphatic heterocycles. The first-order valence-corrected chi connectivity index (χ1v) is 6.98. The van der Waals surface area contributed by atoms with Gasteiger partial charge in [-0.05, 0) is 23.3 Å². The molecule has 22 heavy (non-hydrogen) atoms. The fourth-order valence-electron chi connectivity index (χ4n) is 1.94. The zero-order valence-corrected chi connectivity index (χ0v) is 12.0. The fourth-order valence-corrected chi connectivity index (χ4v) is 1.94. The average molecular weight is 292 g/mol. The van der Waals surface area contributed by atoms with Crippen LogP contribution in [0.5, 0.6) is 0 Å². The molecule has 3 heterocycles. The van der Waals surface area contributed by atoms with Crippen molar-refractivity contribution in [2.75, 3.05) is 10.6 Å². The highest BCUT2D eigenvalue weighted by Crippen LogP contribution is 2.11. The normalized spacial score (nSPS) is 10.2. The van der Waals surface area contributed by atoms with Crippen LogP contribution in [-0.2, 0) is 13.1 Å². The lowest BCUT2D eigenvalue weighted by Gasteiger charge is -2.08. The molecule has 0 bridgehead atoms. The van der Waals surface area contributed by atoms with E-state index in [4.69, 9.17) is 0 Å². The third-order valence-corrected chi connectivity index (χ3v) is 3.06. The van der Waals surface area contributed by atoms with Gasteiger partial charge in [-0.3, -0.25) is 9.97 Å². The average Bonchev–Trinajstić information content (AvgIpc) is 2.60. The van der Waals surface area contributed by atoms with E-state index in [-0.39, 0.29) is 0 Å². The molecule has 110 valence electrons. The second kappa shape index (κ2) is 7.12. The third kappa shape index (κ3) is 3.99. The molecule has 0 amide bonds. The summed E-state index contributed by atoms with van der Waals surface area (Å²) in [6, 6.07) is 9.74. The molecule has 2 N–H and O–H groups in total. The Labute approximate surface area is 128 Å². The summed E-state index contributed by atoms with van der Waals surface area (Å²) in [7, 11) is 0. The van der Waals surface area contributed by atoms with Crippen LogP contribution in [0.4, 0.5) is 11.6 Å². The first-order valence-electron chi connectivity index (χ1n) is 6.98. The molecular formula is C16H16N6. The number of pyridine rings is 2. The summed E-state index contributed by atoms with van der Waals surface area (Å²) < 4.78 is 0. The number of hydrogen-bond donors (Lipinski definition) is 2. The monoisotopic (exact) mass is 292 g/mol. The largest absolute Gasteiger partial charge is 0.366 e. The maximum Gasteiger partial charge on any atom is 0.131 e. The summed E-state index contributed by atoms with van der Waals surface area (Å²) >= 11 is 0. The van der Waals surface area contributed by atoms with Crippen LogP contribution in [0, 0.1) is 0 Å². The van der Waals surface area contributed by atoms with Crippen molar-refractivity contribution in [3.05, 3.63) is 72.6 Å². The smallest absolute Gasteiger partial charge is 0.131 e. The SMILES string of the molecule is c1cncc(CNc2cc(NCc3cccnc3)ncn2)c1. The van der Waals surface area contributed by atoms with Gasteiger partial charge in [0.15, 0.2) is 0 Å². The minimum Gasteiger partial charge on any atom is -0.366 e. The highest BCUT2D eigenvalue weighted by Gasteiger charge is 1.99. The minimum absolute atomic E-state index is 0.674. The summed E-state index contributed by atoms with van der Waals surface area (Å²) in [5.74, 6) is 1.54. The molecule has 3 rings (SSSR count). The van der Waals surface area contributed by atoms with Crippen LogP contribution < -0.4 is 10.6 Å². The minimum atomic E-state index is 0.674. The molecule has 0 saturated heterocycles. The zero-order valence-electron chi connectivity index (χ0n) is 12.0. The predicted molar refractivity (Wildman–Crippen MR) is 85.2 cm³/mol. The molecule has 0 radical (unpaired) electrons. The Morgan fingerprint density at radius 3 is 1.77 bits per heavy atom. The number of anilines is 2. The fraction of sp³-hybridized carbons (Fsp3) is 0.125. The number of hydrogen-bond acceptors (Lipinski definition) is 6. The molecule has 0 atom stereocenters. The number of nitrogens with zero attached hydrogens (tertiary/aromatic N) is 4. The van der Waals surface area contributed by atoms with E-state index < -0.39 is 0 Å². The molecule has 0 spiro atoms. The lowest BCUT2D eigenvalue weighted by atomic mass is 10.3. The molecule has 0 saturated carbocycles. The van der Waals surface area contributed by atoms with Crippen molar-refractivity contribution in [1.29, 1.82) is 0 Å². The zero-order chi connectivity index (χ0) is 15.0. The molecule has 0 fully saturated rings. The van der Waals surface area contributed by atoms with Crippen LogP contribution >= 0.6 is 0 Å². The van der Waals surface area contributed by atoms with Crippen LogP contribution in [0.2, 0.25) is 0 Å². The summed E-state index contributed by atoms with van der Waals surface area (Å²) in [6.07, 6.45) is 8.71. The van der Waals surface area contributed by atoms with Crippen molar-refractivity contribution in [1.82, 2.24) is 19.9 Å². The van der Waals surface area contributed by atoms with Crippen LogP contribution in [0.15, 0.2) is 61.4 Å². The molecule has 3 aromatic rings. The molecule has 0 aromatic carbocycles. The molecular weight excluding hydrogens is 276 g/mol. The summed E-state index contributed by atoms with van der Waals surface area (Å²) in [5, 5.41) is 6.51. The highest BCUT2D eigenvalue weighted by atomic mass is 15.1. The van der Waals surface area contributed by atoms with E-state index in [0.717, 1.165) is 22.8 Å². The summed E-state index contributed by atoms with van der Waals surface area (Å²) in [4.78, 5) is 16.6. The van der Waals surface area contributed by atoms with E-state index in [1.807, 2.05) is 42.7 Å². The van der Waals surface area contributed by atoms with Gasteiger partial charge < -0.3 is 10.6 Å². The lowest BCUT2D eigenvalue weighted by molar-refractivity contribution is 1.04. The highest BCUT2D eigenvalue weighted by molar-refractivity contribution is 5.46. The molecule has 0 unspecified atom stereocenters. The van der Waals surface area contributed by atoms with E-state index in [9.17, 15) is 0 Å². The van der Waals surface area contributed by atoms with E-state index in [1.165, 1.54) is 6.33 Å². The van der Waals surface area contributed by atoms with E-state index in [0.29, 0.717) is 13.1 Å². The van der Waals surface area contributed by atoms with Crippen molar-refractivity contribution < 1.29 is 0 Å². The van der Waals surface area contributed by atoms with Gasteiger partial charge in [-0.15, -0.1) is 0 Å². The van der Waals surface area contributed by atoms with Crippen LogP contribution in [0.3, 0.4) is 0 Å². The Morgan fingerprint density at radius 2 is 1.32 bits per heavy atom. The van der Waals surface area contributed by atoms with Gasteiger partial charge >= 0.3 is 0 Å². The second-order valence-electron chi connectivity index (χ2n) is 4.72. The first kappa shape index (κ1) is 13.9. The maximum atomic E-state index is 4.21. The third-order valence-electron chi connectivity index (χ3n) is 3.06. The Hall–Kier alpha value is -3.02. The Morgan fingerprint density at radius 1 is 0.773 bits per heavy atom. The van der Waals surface area contributed by atoms with Gasteiger partial charge in [0.1, 0.15) is 18.0 Å². The Kier molecular flexibility index (Phi) is 4.51. The van der Waals surface area contributed by atoms with Crippen LogP contribution in [0.1, 0.15) is 11.1 Å². The van der Waals surface area contributed by atoms with Gasteiger partial charge in [0.05, 0.1) is 0 Å². The van der Waals surface area contributed by atoms with Gasteiger partial charge in [-0.25, -0.2) is 9.97 Å². The van der Waals surface area contributed by atoms with Crippen molar-refractivity contribution in [3.8, 4) is 0 Å². The lowest BCUT2D eigenvalue weighted by Crippen LogP contribution is -2.05. The number of rotatable bonds is 6. The maximum absolute atomic E-state index is 4.21. The molecule has 3 aromatic heterocycles. The molecule has 6 nitrogen and oxygen atoms in total. The van der Waals surface area contributed by atoms with Gasteiger partial charge in [-0.2, -0.15) is 0 Å². The number of aromatic nitrogens is 4. The Balaban J connectivity index is 1.58. The van der Waals surface area contributed by atoms with Crippen LogP contribution in [0.25, 0.3) is 0 Å². The second-order valence-corrected chi connectivity index (χ2v) is 4.72. The Bertz CT molecular complexity index is 643.